The number of benzene rings is 2. The molecular weight excluding hydrogens is 359 g/mol. The van der Waals surface area contributed by atoms with Crippen LogP contribution in [0.3, 0.4) is 0 Å². The Bertz CT molecular complexity index is 1050. The predicted octanol–water partition coefficient (Wildman–Crippen LogP) is 2.30. The minimum atomic E-state index is -0.452. The van der Waals surface area contributed by atoms with Crippen molar-refractivity contribution in [2.75, 3.05) is 36.0 Å². The molecule has 0 unspecified atom stereocenters. The van der Waals surface area contributed by atoms with E-state index in [1.54, 1.807) is 24.3 Å². The molecule has 3 aromatic rings. The second kappa shape index (κ2) is 7.34. The molecule has 1 aliphatic heterocycles. The van der Waals surface area contributed by atoms with Crippen molar-refractivity contribution in [1.29, 1.82) is 0 Å². The van der Waals surface area contributed by atoms with E-state index in [-0.39, 0.29) is 11.4 Å². The Kier molecular flexibility index (Phi) is 4.73. The molecule has 2 heterocycles. The number of piperazine rings is 1. The van der Waals surface area contributed by atoms with Gasteiger partial charge in [0, 0.05) is 37.9 Å². The van der Waals surface area contributed by atoms with E-state index in [0.717, 1.165) is 15.8 Å². The molecule has 4 rings (SSSR count). The summed E-state index contributed by atoms with van der Waals surface area (Å²) < 4.78 is 14.2. The number of nitrogens with one attached hydrogen (secondary N) is 1. The van der Waals surface area contributed by atoms with Crippen molar-refractivity contribution in [3.63, 3.8) is 0 Å². The van der Waals surface area contributed by atoms with Crippen molar-refractivity contribution in [3.8, 4) is 5.69 Å². The zero-order valence-corrected chi connectivity index (χ0v) is 15.6. The molecule has 1 aliphatic rings. The van der Waals surface area contributed by atoms with E-state index in [2.05, 4.69) is 9.88 Å². The van der Waals surface area contributed by atoms with Crippen molar-refractivity contribution >= 4 is 11.5 Å². The normalized spacial score (nSPS) is 14.4. The number of nitrogens with zero attached hydrogens (tertiary/aromatic N) is 3. The van der Waals surface area contributed by atoms with Gasteiger partial charge in [-0.2, -0.15) is 0 Å². The lowest BCUT2D eigenvalue weighted by atomic mass is 10.2. The first-order valence-corrected chi connectivity index (χ1v) is 9.20. The number of hydrogen-bond donors (Lipinski definition) is 1. The summed E-state index contributed by atoms with van der Waals surface area (Å²) >= 11 is 0. The molecule has 7 heteroatoms. The van der Waals surface area contributed by atoms with Gasteiger partial charge in [0.05, 0.1) is 5.69 Å². The van der Waals surface area contributed by atoms with Gasteiger partial charge in [-0.15, -0.1) is 0 Å². The lowest BCUT2D eigenvalue weighted by Crippen LogP contribution is -2.48. The highest BCUT2D eigenvalue weighted by Crippen LogP contribution is 2.18. The molecule has 0 aliphatic carbocycles. The Hall–Kier alpha value is -3.35. The fourth-order valence-corrected chi connectivity index (χ4v) is 3.45. The fraction of sp³-hybridized carbons (Fsp3) is 0.238. The Morgan fingerprint density at radius 2 is 1.39 bits per heavy atom. The first-order chi connectivity index (χ1) is 13.5. The maximum Gasteiger partial charge on any atom is 0.334 e. The average molecular weight is 380 g/mol. The second-order valence-corrected chi connectivity index (χ2v) is 6.92. The number of hydrogen-bond acceptors (Lipinski definition) is 4. The van der Waals surface area contributed by atoms with Gasteiger partial charge >= 0.3 is 5.69 Å². The summed E-state index contributed by atoms with van der Waals surface area (Å²) in [6.07, 6.45) is 0. The van der Waals surface area contributed by atoms with Gasteiger partial charge in [0.2, 0.25) is 0 Å². The van der Waals surface area contributed by atoms with Crippen LogP contribution in [0.25, 0.3) is 5.69 Å². The summed E-state index contributed by atoms with van der Waals surface area (Å²) in [7, 11) is 0. The predicted molar refractivity (Wildman–Crippen MR) is 108 cm³/mol. The van der Waals surface area contributed by atoms with E-state index in [0.29, 0.717) is 37.7 Å². The van der Waals surface area contributed by atoms with Crippen LogP contribution in [0.4, 0.5) is 15.9 Å². The number of aromatic nitrogens is 2. The summed E-state index contributed by atoms with van der Waals surface area (Å²) in [4.78, 5) is 32.1. The van der Waals surface area contributed by atoms with Crippen LogP contribution in [-0.4, -0.2) is 35.7 Å². The molecule has 28 heavy (non-hydrogen) atoms. The smallest absolute Gasteiger partial charge is 0.334 e. The highest BCUT2D eigenvalue weighted by molar-refractivity contribution is 5.49. The highest BCUT2D eigenvalue weighted by Gasteiger charge is 2.19. The van der Waals surface area contributed by atoms with Gasteiger partial charge in [-0.05, 0) is 43.3 Å². The molecule has 144 valence electrons. The maximum atomic E-state index is 13.1. The molecule has 1 fully saturated rings. The van der Waals surface area contributed by atoms with Gasteiger partial charge in [-0.25, -0.2) is 13.8 Å². The monoisotopic (exact) mass is 380 g/mol. The Labute approximate surface area is 161 Å². The van der Waals surface area contributed by atoms with Crippen LogP contribution in [0.2, 0.25) is 0 Å². The van der Waals surface area contributed by atoms with Crippen LogP contribution in [-0.2, 0) is 0 Å². The number of rotatable bonds is 3. The number of anilines is 2. The summed E-state index contributed by atoms with van der Waals surface area (Å²) in [5.41, 5.74) is 1.76. The molecule has 1 N–H and O–H groups in total. The third-order valence-corrected chi connectivity index (χ3v) is 5.02. The van der Waals surface area contributed by atoms with Crippen LogP contribution >= 0.6 is 0 Å². The first kappa shape index (κ1) is 18.0. The van der Waals surface area contributed by atoms with Crippen LogP contribution in [0, 0.1) is 12.7 Å². The van der Waals surface area contributed by atoms with Crippen molar-refractivity contribution in [2.45, 2.75) is 6.92 Å². The van der Waals surface area contributed by atoms with Gasteiger partial charge in [-0.1, -0.05) is 17.7 Å². The molecular formula is C21H21FN4O2. The molecule has 0 atom stereocenters. The molecule has 0 radical (unpaired) electrons. The first-order valence-electron chi connectivity index (χ1n) is 9.20. The Balaban J connectivity index is 1.53. The molecule has 6 nitrogen and oxygen atoms in total. The van der Waals surface area contributed by atoms with Crippen LogP contribution in [0.5, 0.6) is 0 Å². The molecule has 0 spiro atoms. The topological polar surface area (TPSA) is 61.3 Å². The average Bonchev–Trinajstić information content (AvgIpc) is 2.70. The second-order valence-electron chi connectivity index (χ2n) is 6.92. The van der Waals surface area contributed by atoms with Crippen molar-refractivity contribution < 1.29 is 4.39 Å². The van der Waals surface area contributed by atoms with Crippen molar-refractivity contribution in [1.82, 2.24) is 9.55 Å². The lowest BCUT2D eigenvalue weighted by molar-refractivity contribution is 0.623. The largest absolute Gasteiger partial charge is 0.368 e. The van der Waals surface area contributed by atoms with Crippen molar-refractivity contribution in [2.24, 2.45) is 0 Å². The summed E-state index contributed by atoms with van der Waals surface area (Å²) in [5.74, 6) is 0.270. The van der Waals surface area contributed by atoms with Gasteiger partial charge in [0.1, 0.15) is 11.6 Å². The minimum absolute atomic E-state index is 0.255. The van der Waals surface area contributed by atoms with Gasteiger partial charge in [-0.3, -0.25) is 9.78 Å². The molecule has 2 aromatic carbocycles. The fourth-order valence-electron chi connectivity index (χ4n) is 3.45. The minimum Gasteiger partial charge on any atom is -0.368 e. The van der Waals surface area contributed by atoms with E-state index in [9.17, 15) is 14.0 Å². The van der Waals surface area contributed by atoms with E-state index in [1.165, 1.54) is 18.2 Å². The van der Waals surface area contributed by atoms with Gasteiger partial charge in [0.25, 0.3) is 5.56 Å². The molecule has 1 aromatic heterocycles. The highest BCUT2D eigenvalue weighted by atomic mass is 19.1. The van der Waals surface area contributed by atoms with Gasteiger partial charge in [0.15, 0.2) is 0 Å². The number of aryl methyl sites for hydroxylation is 1. The van der Waals surface area contributed by atoms with E-state index < -0.39 is 5.69 Å². The molecule has 0 bridgehead atoms. The molecule has 0 amide bonds. The summed E-state index contributed by atoms with van der Waals surface area (Å²) in [6, 6.07) is 15.1. The zero-order chi connectivity index (χ0) is 19.7. The van der Waals surface area contributed by atoms with Crippen molar-refractivity contribution in [3.05, 3.63) is 86.8 Å². The number of aromatic amines is 1. The van der Waals surface area contributed by atoms with Crippen LogP contribution in [0.15, 0.2) is 64.2 Å². The Morgan fingerprint density at radius 1 is 0.821 bits per heavy atom. The standard InChI is InChI=1S/C21H21FN4O2/c1-15-2-6-18(7-3-15)26-20(27)14-19(23-21(26)28)25-12-10-24(11-13-25)17-8-4-16(22)5-9-17/h2-9,14H,10-13H2,1H3,(H,23,28). The number of halogens is 1. The van der Waals surface area contributed by atoms with Crippen LogP contribution < -0.4 is 21.0 Å². The Morgan fingerprint density at radius 3 is 2.00 bits per heavy atom. The summed E-state index contributed by atoms with van der Waals surface area (Å²) in [5, 5.41) is 0. The lowest BCUT2D eigenvalue weighted by Gasteiger charge is -2.36. The zero-order valence-electron chi connectivity index (χ0n) is 15.6. The SMILES string of the molecule is Cc1ccc(-n2c(=O)cc(N3CCN(c4ccc(F)cc4)CC3)[nH]c2=O)cc1. The van der Waals surface area contributed by atoms with E-state index >= 15 is 0 Å². The van der Waals surface area contributed by atoms with E-state index in [4.69, 9.17) is 0 Å². The maximum absolute atomic E-state index is 13.1. The quantitative estimate of drug-likeness (QED) is 0.758. The molecule has 1 saturated heterocycles. The van der Waals surface area contributed by atoms with E-state index in [1.807, 2.05) is 24.0 Å². The summed E-state index contributed by atoms with van der Waals surface area (Å²) in [6.45, 7) is 4.69. The molecule has 0 saturated carbocycles. The number of H-pyrrole nitrogens is 1. The van der Waals surface area contributed by atoms with Crippen LogP contribution in [0.1, 0.15) is 5.56 Å². The third kappa shape index (κ3) is 3.55. The third-order valence-electron chi connectivity index (χ3n) is 5.02. The van der Waals surface area contributed by atoms with Gasteiger partial charge < -0.3 is 9.80 Å².